The zero-order valence-corrected chi connectivity index (χ0v) is 10.9. The molecule has 1 aromatic heterocycles. The van der Waals surface area contributed by atoms with Gasteiger partial charge in [0.25, 0.3) is 0 Å². The molecule has 0 aliphatic rings. The minimum absolute atomic E-state index is 0.301. The zero-order chi connectivity index (χ0) is 13.1. The lowest BCUT2D eigenvalue weighted by Gasteiger charge is -2.12. The number of hydrogen-bond donors (Lipinski definition) is 1. The molecule has 2 nitrogen and oxygen atoms in total. The maximum absolute atomic E-state index is 12.9. The highest BCUT2D eigenvalue weighted by Crippen LogP contribution is 2.22. The summed E-state index contributed by atoms with van der Waals surface area (Å²) in [6.45, 7) is 0. The molecule has 5 heteroatoms. The molecule has 0 spiro atoms. The molecule has 0 fully saturated rings. The summed E-state index contributed by atoms with van der Waals surface area (Å²) in [5.74, 6) is -0.359. The largest absolute Gasteiger partial charge is 0.322 e. The van der Waals surface area contributed by atoms with Crippen LogP contribution < -0.4 is 5.73 Å². The molecule has 0 aliphatic heterocycles. The third-order valence-electron chi connectivity index (χ3n) is 2.59. The van der Waals surface area contributed by atoms with Gasteiger partial charge in [0.2, 0.25) is 0 Å². The topological polar surface area (TPSA) is 38.9 Å². The average Bonchev–Trinajstić information content (AvgIpc) is 2.33. The Morgan fingerprint density at radius 2 is 2.00 bits per heavy atom. The van der Waals surface area contributed by atoms with E-state index >= 15 is 0 Å². The molecule has 2 aromatic rings. The van der Waals surface area contributed by atoms with Crippen LogP contribution in [0.2, 0.25) is 10.0 Å². The van der Waals surface area contributed by atoms with E-state index in [0.29, 0.717) is 16.5 Å². The second-order valence-corrected chi connectivity index (χ2v) is 4.79. The summed E-state index contributed by atoms with van der Waals surface area (Å²) in [6.07, 6.45) is 2.04. The summed E-state index contributed by atoms with van der Waals surface area (Å²) in [7, 11) is 0. The molecular formula is C13H11Cl2FN2. The predicted molar refractivity (Wildman–Crippen MR) is 71.3 cm³/mol. The van der Waals surface area contributed by atoms with Crippen molar-refractivity contribution in [3.8, 4) is 0 Å². The number of pyridine rings is 1. The van der Waals surface area contributed by atoms with Crippen LogP contribution in [0.4, 0.5) is 4.39 Å². The first-order valence-corrected chi connectivity index (χ1v) is 6.13. The van der Waals surface area contributed by atoms with Gasteiger partial charge < -0.3 is 5.73 Å². The molecule has 1 aromatic carbocycles. The lowest BCUT2D eigenvalue weighted by molar-refractivity contribution is 0.625. The quantitative estimate of drug-likeness (QED) is 0.932. The number of nitrogens with zero attached hydrogens (tertiary/aromatic N) is 1. The first-order chi connectivity index (χ1) is 8.56. The number of hydrogen-bond acceptors (Lipinski definition) is 2. The predicted octanol–water partition coefficient (Wildman–Crippen LogP) is 3.77. The molecule has 94 valence electrons. The molecule has 0 aliphatic carbocycles. The number of halogens is 3. The first kappa shape index (κ1) is 13.3. The summed E-state index contributed by atoms with van der Waals surface area (Å²) in [5.41, 5.74) is 7.54. The van der Waals surface area contributed by atoms with Gasteiger partial charge in [-0.3, -0.25) is 4.98 Å². The molecule has 2 N–H and O–H groups in total. The molecule has 1 unspecified atom stereocenters. The van der Waals surface area contributed by atoms with Crippen molar-refractivity contribution in [3.05, 3.63) is 63.6 Å². The van der Waals surface area contributed by atoms with Crippen molar-refractivity contribution in [2.45, 2.75) is 12.5 Å². The van der Waals surface area contributed by atoms with Gasteiger partial charge in [0.1, 0.15) is 5.82 Å². The van der Waals surface area contributed by atoms with Crippen LogP contribution in [-0.2, 0) is 6.42 Å². The minimum atomic E-state index is -0.359. The third-order valence-corrected chi connectivity index (χ3v) is 3.16. The van der Waals surface area contributed by atoms with Gasteiger partial charge in [-0.15, -0.1) is 0 Å². The molecule has 1 heterocycles. The maximum atomic E-state index is 12.9. The Kier molecular flexibility index (Phi) is 4.17. The highest BCUT2D eigenvalue weighted by molar-refractivity contribution is 6.31. The van der Waals surface area contributed by atoms with Crippen LogP contribution in [0, 0.1) is 5.82 Å². The van der Waals surface area contributed by atoms with Crippen molar-refractivity contribution in [1.29, 1.82) is 0 Å². The second kappa shape index (κ2) is 5.65. The number of rotatable bonds is 3. The van der Waals surface area contributed by atoms with Crippen LogP contribution in [-0.4, -0.2) is 4.98 Å². The molecule has 0 bridgehead atoms. The summed E-state index contributed by atoms with van der Waals surface area (Å²) >= 11 is 11.7. The molecule has 0 saturated heterocycles. The number of aromatic nitrogens is 1. The molecular weight excluding hydrogens is 274 g/mol. The standard InChI is InChI=1S/C13H11Cl2FN2/c14-9-2-4-13(18-7-9)12(17)5-8-1-3-10(16)6-11(8)15/h1-4,6-7,12H,5,17H2. The van der Waals surface area contributed by atoms with Gasteiger partial charge in [0, 0.05) is 11.2 Å². The first-order valence-electron chi connectivity index (χ1n) is 5.37. The highest BCUT2D eigenvalue weighted by Gasteiger charge is 2.11. The Morgan fingerprint density at radius 3 is 2.61 bits per heavy atom. The van der Waals surface area contributed by atoms with Gasteiger partial charge >= 0.3 is 0 Å². The van der Waals surface area contributed by atoms with Gasteiger partial charge in [0.05, 0.1) is 16.8 Å². The maximum Gasteiger partial charge on any atom is 0.124 e. The lowest BCUT2D eigenvalue weighted by Crippen LogP contribution is -2.15. The second-order valence-electron chi connectivity index (χ2n) is 3.95. The van der Waals surface area contributed by atoms with Crippen molar-refractivity contribution in [2.75, 3.05) is 0 Å². The molecule has 0 saturated carbocycles. The van der Waals surface area contributed by atoms with Crippen molar-refractivity contribution < 1.29 is 4.39 Å². The highest BCUT2D eigenvalue weighted by atomic mass is 35.5. The van der Waals surface area contributed by atoms with Crippen molar-refractivity contribution in [1.82, 2.24) is 4.98 Å². The minimum Gasteiger partial charge on any atom is -0.322 e. The van der Waals surface area contributed by atoms with E-state index in [9.17, 15) is 4.39 Å². The van der Waals surface area contributed by atoms with Gasteiger partial charge in [0.15, 0.2) is 0 Å². The molecule has 18 heavy (non-hydrogen) atoms. The molecule has 2 rings (SSSR count). The van der Waals surface area contributed by atoms with E-state index in [1.54, 1.807) is 24.4 Å². The van der Waals surface area contributed by atoms with Crippen LogP contribution in [0.3, 0.4) is 0 Å². The van der Waals surface area contributed by atoms with E-state index in [2.05, 4.69) is 4.98 Å². The van der Waals surface area contributed by atoms with E-state index in [4.69, 9.17) is 28.9 Å². The van der Waals surface area contributed by atoms with E-state index < -0.39 is 0 Å². The Balaban J connectivity index is 2.15. The van der Waals surface area contributed by atoms with Crippen molar-refractivity contribution in [2.24, 2.45) is 5.73 Å². The van der Waals surface area contributed by atoms with Crippen LogP contribution in [0.15, 0.2) is 36.5 Å². The van der Waals surface area contributed by atoms with Crippen molar-refractivity contribution in [3.63, 3.8) is 0 Å². The van der Waals surface area contributed by atoms with Crippen LogP contribution in [0.1, 0.15) is 17.3 Å². The van der Waals surface area contributed by atoms with E-state index in [1.165, 1.54) is 12.1 Å². The van der Waals surface area contributed by atoms with Gasteiger partial charge in [-0.2, -0.15) is 0 Å². The Hall–Kier alpha value is -1.16. The van der Waals surface area contributed by atoms with Crippen LogP contribution in [0.25, 0.3) is 0 Å². The monoisotopic (exact) mass is 284 g/mol. The fourth-order valence-corrected chi connectivity index (χ4v) is 1.99. The van der Waals surface area contributed by atoms with E-state index in [-0.39, 0.29) is 11.9 Å². The Bertz CT molecular complexity index is 543. The fraction of sp³-hybridized carbons (Fsp3) is 0.154. The normalized spacial score (nSPS) is 12.4. The Morgan fingerprint density at radius 1 is 1.22 bits per heavy atom. The van der Waals surface area contributed by atoms with E-state index in [1.807, 2.05) is 0 Å². The summed E-state index contributed by atoms with van der Waals surface area (Å²) in [5, 5.41) is 0.935. The summed E-state index contributed by atoms with van der Waals surface area (Å²) < 4.78 is 12.9. The SMILES string of the molecule is NC(Cc1ccc(F)cc1Cl)c1ccc(Cl)cn1. The average molecular weight is 285 g/mol. The lowest BCUT2D eigenvalue weighted by atomic mass is 10.0. The molecule has 0 radical (unpaired) electrons. The van der Waals surface area contributed by atoms with E-state index in [0.717, 1.165) is 11.3 Å². The van der Waals surface area contributed by atoms with Crippen LogP contribution >= 0.6 is 23.2 Å². The summed E-state index contributed by atoms with van der Waals surface area (Å²) in [6, 6.07) is 7.47. The van der Waals surface area contributed by atoms with Gasteiger partial charge in [-0.1, -0.05) is 29.3 Å². The fourth-order valence-electron chi connectivity index (χ4n) is 1.64. The molecule has 0 amide bonds. The third kappa shape index (κ3) is 3.19. The van der Waals surface area contributed by atoms with Gasteiger partial charge in [-0.05, 0) is 36.2 Å². The zero-order valence-electron chi connectivity index (χ0n) is 9.41. The van der Waals surface area contributed by atoms with Gasteiger partial charge in [-0.25, -0.2) is 4.39 Å². The Labute approximate surface area is 115 Å². The molecule has 1 atom stereocenters. The number of nitrogens with two attached hydrogens (primary N) is 1. The van der Waals surface area contributed by atoms with Crippen LogP contribution in [0.5, 0.6) is 0 Å². The number of benzene rings is 1. The van der Waals surface area contributed by atoms with Crippen molar-refractivity contribution >= 4 is 23.2 Å². The smallest absolute Gasteiger partial charge is 0.124 e. The summed E-state index contributed by atoms with van der Waals surface area (Å²) in [4.78, 5) is 4.15.